The van der Waals surface area contributed by atoms with Crippen molar-refractivity contribution in [2.45, 2.75) is 63.6 Å². The van der Waals surface area contributed by atoms with Crippen LogP contribution >= 0.6 is 0 Å². The quantitative estimate of drug-likeness (QED) is 0.834. The first-order valence-corrected chi connectivity index (χ1v) is 10.8. The second-order valence-electron chi connectivity index (χ2n) is 8.55. The molecule has 5 nitrogen and oxygen atoms in total. The normalized spacial score (nSPS) is 27.2. The predicted molar refractivity (Wildman–Crippen MR) is 110 cm³/mol. The van der Waals surface area contributed by atoms with E-state index in [0.29, 0.717) is 18.5 Å². The summed E-state index contributed by atoms with van der Waals surface area (Å²) in [6, 6.07) is 10.4. The maximum Gasteiger partial charge on any atom is 0.224 e. The monoisotopic (exact) mass is 370 g/mol. The molecular weight excluding hydrogens is 336 g/mol. The number of likely N-dealkylation sites (tertiary alicyclic amines) is 1. The molecule has 1 aromatic rings. The van der Waals surface area contributed by atoms with Gasteiger partial charge in [-0.05, 0) is 76.4 Å². The lowest BCUT2D eigenvalue weighted by Crippen LogP contribution is -2.43. The van der Waals surface area contributed by atoms with Crippen LogP contribution in [0, 0.1) is 0 Å². The Hall–Kier alpha value is -1.59. The summed E-state index contributed by atoms with van der Waals surface area (Å²) in [4.78, 5) is 17.5. The van der Waals surface area contributed by atoms with Crippen LogP contribution in [0.2, 0.25) is 0 Å². The van der Waals surface area contributed by atoms with E-state index in [1.54, 1.807) is 0 Å². The molecular formula is C22H34N4O. The van der Waals surface area contributed by atoms with E-state index >= 15 is 0 Å². The minimum absolute atomic E-state index is 0.152. The van der Waals surface area contributed by atoms with Gasteiger partial charge in [-0.15, -0.1) is 0 Å². The third kappa shape index (κ3) is 4.64. The maximum absolute atomic E-state index is 12.3. The standard InChI is InChI=1S/C22H34N4O/c1-17-3-2-13-26(17)21-10-14-25(16-21)20-6-4-18(5-7-20)15-22(27)24-19-8-11-23-12-9-19/h4-7,17,19,21,23H,2-3,8-16H2,1H3,(H,24,27)/t17-,21-/m0/s1. The SMILES string of the molecule is C[C@H]1CCCN1[C@H]1CCN(c2ccc(CC(=O)NC3CCNCC3)cc2)C1. The number of carbonyl (C=O) groups excluding carboxylic acids is 1. The molecule has 4 rings (SSSR count). The minimum Gasteiger partial charge on any atom is -0.370 e. The van der Waals surface area contributed by atoms with Gasteiger partial charge < -0.3 is 15.5 Å². The molecule has 0 radical (unpaired) electrons. The highest BCUT2D eigenvalue weighted by atomic mass is 16.1. The van der Waals surface area contributed by atoms with Crippen molar-refractivity contribution in [2.75, 3.05) is 37.6 Å². The van der Waals surface area contributed by atoms with Crippen molar-refractivity contribution >= 4 is 11.6 Å². The summed E-state index contributed by atoms with van der Waals surface area (Å²) in [5, 5.41) is 6.52. The lowest BCUT2D eigenvalue weighted by molar-refractivity contribution is -0.121. The molecule has 0 saturated carbocycles. The van der Waals surface area contributed by atoms with Gasteiger partial charge in [0.25, 0.3) is 0 Å². The number of hydrogen-bond donors (Lipinski definition) is 2. The average Bonchev–Trinajstić information content (AvgIpc) is 3.32. The molecule has 0 aliphatic carbocycles. The Labute approximate surface area is 163 Å². The Morgan fingerprint density at radius 1 is 1.11 bits per heavy atom. The third-order valence-corrected chi connectivity index (χ3v) is 6.61. The van der Waals surface area contributed by atoms with Gasteiger partial charge in [0.2, 0.25) is 5.91 Å². The van der Waals surface area contributed by atoms with E-state index in [9.17, 15) is 4.79 Å². The van der Waals surface area contributed by atoms with Gasteiger partial charge >= 0.3 is 0 Å². The van der Waals surface area contributed by atoms with E-state index in [-0.39, 0.29) is 5.91 Å². The van der Waals surface area contributed by atoms with Crippen LogP contribution in [0.25, 0.3) is 0 Å². The van der Waals surface area contributed by atoms with Crippen LogP contribution in [0.15, 0.2) is 24.3 Å². The molecule has 2 N–H and O–H groups in total. The van der Waals surface area contributed by atoms with E-state index in [0.717, 1.165) is 50.6 Å². The van der Waals surface area contributed by atoms with Crippen LogP contribution in [0.1, 0.15) is 44.6 Å². The highest BCUT2D eigenvalue weighted by Crippen LogP contribution is 2.28. The Kier molecular flexibility index (Phi) is 5.98. The second kappa shape index (κ2) is 8.61. The lowest BCUT2D eigenvalue weighted by atomic mass is 10.1. The number of nitrogens with zero attached hydrogens (tertiary/aromatic N) is 2. The van der Waals surface area contributed by atoms with Crippen LogP contribution in [0.5, 0.6) is 0 Å². The minimum atomic E-state index is 0.152. The first-order valence-electron chi connectivity index (χ1n) is 10.8. The molecule has 3 aliphatic heterocycles. The van der Waals surface area contributed by atoms with Crippen molar-refractivity contribution in [1.82, 2.24) is 15.5 Å². The van der Waals surface area contributed by atoms with Crippen molar-refractivity contribution in [1.29, 1.82) is 0 Å². The first kappa shape index (κ1) is 18.8. The summed E-state index contributed by atoms with van der Waals surface area (Å²) in [5.74, 6) is 0.152. The Morgan fingerprint density at radius 2 is 1.89 bits per heavy atom. The molecule has 3 aliphatic rings. The molecule has 1 amide bonds. The van der Waals surface area contributed by atoms with E-state index in [1.165, 1.54) is 31.5 Å². The Bertz CT molecular complexity index is 626. The van der Waals surface area contributed by atoms with Gasteiger partial charge in [0.1, 0.15) is 0 Å². The summed E-state index contributed by atoms with van der Waals surface area (Å²) in [6.45, 7) is 7.94. The van der Waals surface area contributed by atoms with Gasteiger partial charge in [0.15, 0.2) is 0 Å². The van der Waals surface area contributed by atoms with Crippen LogP contribution in [-0.2, 0) is 11.2 Å². The fourth-order valence-corrected chi connectivity index (χ4v) is 5.00. The summed E-state index contributed by atoms with van der Waals surface area (Å²) >= 11 is 0. The Balaban J connectivity index is 1.28. The zero-order valence-electron chi connectivity index (χ0n) is 16.6. The first-order chi connectivity index (χ1) is 13.2. The van der Waals surface area contributed by atoms with Crippen LogP contribution in [0.3, 0.4) is 0 Å². The predicted octanol–water partition coefficient (Wildman–Crippen LogP) is 2.16. The molecule has 3 fully saturated rings. The summed E-state index contributed by atoms with van der Waals surface area (Å²) in [5.41, 5.74) is 2.40. The molecule has 27 heavy (non-hydrogen) atoms. The van der Waals surface area contributed by atoms with Crippen molar-refractivity contribution in [3.8, 4) is 0 Å². The number of rotatable bonds is 5. The topological polar surface area (TPSA) is 47.6 Å². The number of carbonyl (C=O) groups is 1. The van der Waals surface area contributed by atoms with Gasteiger partial charge in [-0.1, -0.05) is 12.1 Å². The van der Waals surface area contributed by atoms with E-state index in [2.05, 4.69) is 51.6 Å². The number of amides is 1. The van der Waals surface area contributed by atoms with Gasteiger partial charge in [-0.25, -0.2) is 0 Å². The average molecular weight is 371 g/mol. The molecule has 0 unspecified atom stereocenters. The molecule has 1 aromatic carbocycles. The van der Waals surface area contributed by atoms with Crippen molar-refractivity contribution < 1.29 is 4.79 Å². The van der Waals surface area contributed by atoms with E-state index in [1.807, 2.05) is 0 Å². The number of piperidine rings is 1. The smallest absolute Gasteiger partial charge is 0.224 e. The van der Waals surface area contributed by atoms with Gasteiger partial charge in [-0.2, -0.15) is 0 Å². The van der Waals surface area contributed by atoms with Crippen molar-refractivity contribution in [3.63, 3.8) is 0 Å². The van der Waals surface area contributed by atoms with Crippen molar-refractivity contribution in [3.05, 3.63) is 29.8 Å². The number of hydrogen-bond acceptors (Lipinski definition) is 4. The number of benzene rings is 1. The van der Waals surface area contributed by atoms with E-state index < -0.39 is 0 Å². The maximum atomic E-state index is 12.3. The molecule has 0 bridgehead atoms. The molecule has 2 atom stereocenters. The number of anilines is 1. The summed E-state index contributed by atoms with van der Waals surface area (Å²) in [7, 11) is 0. The summed E-state index contributed by atoms with van der Waals surface area (Å²) in [6.07, 6.45) is 6.53. The highest BCUT2D eigenvalue weighted by molar-refractivity contribution is 5.79. The summed E-state index contributed by atoms with van der Waals surface area (Å²) < 4.78 is 0. The molecule has 3 saturated heterocycles. The lowest BCUT2D eigenvalue weighted by Gasteiger charge is -2.28. The fraction of sp³-hybridized carbons (Fsp3) is 0.682. The third-order valence-electron chi connectivity index (χ3n) is 6.61. The zero-order valence-corrected chi connectivity index (χ0v) is 16.6. The van der Waals surface area contributed by atoms with Gasteiger partial charge in [0.05, 0.1) is 6.42 Å². The molecule has 0 aromatic heterocycles. The second-order valence-corrected chi connectivity index (χ2v) is 8.55. The molecule has 3 heterocycles. The molecule has 0 spiro atoms. The van der Waals surface area contributed by atoms with E-state index in [4.69, 9.17) is 0 Å². The fourth-order valence-electron chi connectivity index (χ4n) is 5.00. The molecule has 5 heteroatoms. The Morgan fingerprint density at radius 3 is 2.59 bits per heavy atom. The highest BCUT2D eigenvalue weighted by Gasteiger charge is 2.32. The van der Waals surface area contributed by atoms with Gasteiger partial charge in [-0.3, -0.25) is 9.69 Å². The largest absolute Gasteiger partial charge is 0.370 e. The van der Waals surface area contributed by atoms with Crippen LogP contribution in [0.4, 0.5) is 5.69 Å². The number of nitrogens with one attached hydrogen (secondary N) is 2. The van der Waals surface area contributed by atoms with Gasteiger partial charge in [0, 0.05) is 36.9 Å². The zero-order chi connectivity index (χ0) is 18.6. The van der Waals surface area contributed by atoms with Crippen LogP contribution in [-0.4, -0.2) is 61.7 Å². The molecule has 148 valence electrons. The van der Waals surface area contributed by atoms with Crippen molar-refractivity contribution in [2.24, 2.45) is 0 Å². The van der Waals surface area contributed by atoms with Crippen LogP contribution < -0.4 is 15.5 Å².